The number of hydrogen-bond acceptors (Lipinski definition) is 4. The number of rotatable bonds is 6. The van der Waals surface area contributed by atoms with E-state index in [4.69, 9.17) is 0 Å². The number of carbonyl (C=O) groups excluding carboxylic acids is 1. The molecular weight excluding hydrogens is 265 g/mol. The number of likely N-dealkylation sites (N-methyl/N-ethyl adjacent to an activating group) is 1. The number of nitrogens with one attached hydrogen (secondary N) is 1. The van der Waals surface area contributed by atoms with Gasteiger partial charge in [-0.1, -0.05) is 0 Å². The average Bonchev–Trinajstić information content (AvgIpc) is 3.22. The van der Waals surface area contributed by atoms with Crippen molar-refractivity contribution >= 4 is 11.6 Å². The molecule has 0 unspecified atom stereocenters. The van der Waals surface area contributed by atoms with Gasteiger partial charge in [-0.25, -0.2) is 0 Å². The van der Waals surface area contributed by atoms with E-state index < -0.39 is 22.3 Å². The highest BCUT2D eigenvalue weighted by Crippen LogP contribution is 2.24. The molecule has 0 atom stereocenters. The van der Waals surface area contributed by atoms with Crippen LogP contribution in [0.5, 0.6) is 0 Å². The Kier molecular flexibility index (Phi) is 4.29. The van der Waals surface area contributed by atoms with Gasteiger partial charge in [-0.15, -0.1) is 0 Å². The molecule has 1 saturated carbocycles. The molecule has 2 rings (SSSR count). The molecule has 1 aromatic rings. The van der Waals surface area contributed by atoms with Crippen molar-refractivity contribution in [2.75, 3.05) is 20.1 Å². The van der Waals surface area contributed by atoms with E-state index in [-0.39, 0.29) is 5.56 Å². The van der Waals surface area contributed by atoms with Crippen molar-refractivity contribution in [3.8, 4) is 0 Å². The summed E-state index contributed by atoms with van der Waals surface area (Å²) in [7, 11) is 1.99. The van der Waals surface area contributed by atoms with Crippen molar-refractivity contribution in [2.45, 2.75) is 18.9 Å². The smallest absolute Gasteiger partial charge is 0.305 e. The van der Waals surface area contributed by atoms with Crippen LogP contribution in [0.15, 0.2) is 18.2 Å². The second-order valence-corrected chi connectivity index (χ2v) is 4.89. The Hall–Kier alpha value is -2.02. The monoisotopic (exact) mass is 281 g/mol. The molecule has 7 heteroatoms. The quantitative estimate of drug-likeness (QED) is 0.634. The number of hydrogen-bond donors (Lipinski definition) is 1. The number of amides is 1. The third-order valence-electron chi connectivity index (χ3n) is 3.33. The number of halogens is 1. The maximum absolute atomic E-state index is 13.2. The van der Waals surface area contributed by atoms with Crippen molar-refractivity contribution in [3.63, 3.8) is 0 Å². The zero-order valence-electron chi connectivity index (χ0n) is 11.1. The summed E-state index contributed by atoms with van der Waals surface area (Å²) < 4.78 is 13.2. The first-order chi connectivity index (χ1) is 9.49. The minimum atomic E-state index is -0.944. The fourth-order valence-electron chi connectivity index (χ4n) is 1.94. The van der Waals surface area contributed by atoms with Crippen molar-refractivity contribution in [1.29, 1.82) is 0 Å². The summed E-state index contributed by atoms with van der Waals surface area (Å²) in [6.45, 7) is 1.18. The van der Waals surface area contributed by atoms with Crippen LogP contribution in [0.2, 0.25) is 0 Å². The maximum Gasteiger partial charge on any atom is 0.305 e. The van der Waals surface area contributed by atoms with E-state index in [1.54, 1.807) is 0 Å². The molecule has 1 fully saturated rings. The lowest BCUT2D eigenvalue weighted by atomic mass is 10.2. The summed E-state index contributed by atoms with van der Waals surface area (Å²) in [5.41, 5.74) is -0.597. The lowest BCUT2D eigenvalue weighted by Crippen LogP contribution is -2.34. The number of carbonyl (C=O) groups is 1. The van der Waals surface area contributed by atoms with Gasteiger partial charge >= 0.3 is 5.69 Å². The SMILES string of the molecule is CN(CCNC(=O)c1ccc(F)c([N+](=O)[O-])c1)C1CC1. The average molecular weight is 281 g/mol. The fraction of sp³-hybridized carbons (Fsp3) is 0.462. The van der Waals surface area contributed by atoms with Crippen molar-refractivity contribution in [2.24, 2.45) is 0 Å². The van der Waals surface area contributed by atoms with E-state index >= 15 is 0 Å². The van der Waals surface area contributed by atoms with Gasteiger partial charge in [-0.05, 0) is 32.0 Å². The first kappa shape index (κ1) is 14.4. The van der Waals surface area contributed by atoms with E-state index in [1.165, 1.54) is 18.9 Å². The molecule has 0 saturated heterocycles. The van der Waals surface area contributed by atoms with Gasteiger partial charge in [0.05, 0.1) is 4.92 Å². The van der Waals surface area contributed by atoms with E-state index in [9.17, 15) is 19.3 Å². The van der Waals surface area contributed by atoms with Gasteiger partial charge in [0, 0.05) is 30.8 Å². The van der Waals surface area contributed by atoms with Crippen LogP contribution >= 0.6 is 0 Å². The van der Waals surface area contributed by atoms with Crippen LogP contribution in [0, 0.1) is 15.9 Å². The molecule has 1 aromatic carbocycles. The van der Waals surface area contributed by atoms with E-state index in [1.807, 2.05) is 7.05 Å². The van der Waals surface area contributed by atoms with Crippen molar-refractivity contribution < 1.29 is 14.1 Å². The van der Waals surface area contributed by atoms with Crippen molar-refractivity contribution in [3.05, 3.63) is 39.7 Å². The van der Waals surface area contributed by atoms with Gasteiger partial charge < -0.3 is 10.2 Å². The molecule has 0 heterocycles. The molecule has 108 valence electrons. The predicted octanol–water partition coefficient (Wildman–Crippen LogP) is 1.56. The van der Waals surface area contributed by atoms with Crippen LogP contribution in [-0.4, -0.2) is 41.9 Å². The summed E-state index contributed by atoms with van der Waals surface area (Å²) >= 11 is 0. The van der Waals surface area contributed by atoms with Crippen LogP contribution in [0.1, 0.15) is 23.2 Å². The summed E-state index contributed by atoms with van der Waals surface area (Å²) in [5.74, 6) is -1.38. The first-order valence-corrected chi connectivity index (χ1v) is 6.41. The Morgan fingerprint density at radius 2 is 2.25 bits per heavy atom. The van der Waals surface area contributed by atoms with Crippen LogP contribution in [0.3, 0.4) is 0 Å². The zero-order valence-corrected chi connectivity index (χ0v) is 11.1. The molecule has 1 aliphatic rings. The zero-order chi connectivity index (χ0) is 14.7. The standard InChI is InChI=1S/C13H16FN3O3/c1-16(10-3-4-10)7-6-15-13(18)9-2-5-11(14)12(8-9)17(19)20/h2,5,8,10H,3-4,6-7H2,1H3,(H,15,18). The van der Waals surface area contributed by atoms with Crippen molar-refractivity contribution in [1.82, 2.24) is 10.2 Å². The van der Waals surface area contributed by atoms with Crippen LogP contribution in [0.25, 0.3) is 0 Å². The second kappa shape index (κ2) is 5.96. The van der Waals surface area contributed by atoms with Gasteiger partial charge in [0.2, 0.25) is 5.82 Å². The van der Waals surface area contributed by atoms with Gasteiger partial charge in [0.25, 0.3) is 5.91 Å². The molecule has 6 nitrogen and oxygen atoms in total. The van der Waals surface area contributed by atoms with Crippen LogP contribution in [-0.2, 0) is 0 Å². The minimum absolute atomic E-state index is 0.0900. The van der Waals surface area contributed by atoms with Gasteiger partial charge in [0.15, 0.2) is 0 Å². The second-order valence-electron chi connectivity index (χ2n) is 4.89. The Balaban J connectivity index is 1.91. The van der Waals surface area contributed by atoms with Crippen LogP contribution in [0.4, 0.5) is 10.1 Å². The lowest BCUT2D eigenvalue weighted by Gasteiger charge is -2.15. The number of nitro benzene ring substituents is 1. The largest absolute Gasteiger partial charge is 0.351 e. The van der Waals surface area contributed by atoms with Gasteiger partial charge in [0.1, 0.15) is 0 Å². The molecule has 0 bridgehead atoms. The molecule has 1 amide bonds. The Morgan fingerprint density at radius 3 is 2.85 bits per heavy atom. The minimum Gasteiger partial charge on any atom is -0.351 e. The Morgan fingerprint density at radius 1 is 1.55 bits per heavy atom. The predicted molar refractivity (Wildman–Crippen MR) is 71.0 cm³/mol. The molecule has 20 heavy (non-hydrogen) atoms. The normalized spacial score (nSPS) is 14.3. The number of nitrogens with zero attached hydrogens (tertiary/aromatic N) is 2. The summed E-state index contributed by atoms with van der Waals surface area (Å²) in [6.07, 6.45) is 2.38. The fourth-order valence-corrected chi connectivity index (χ4v) is 1.94. The summed E-state index contributed by atoms with van der Waals surface area (Å²) in [4.78, 5) is 23.8. The maximum atomic E-state index is 13.2. The lowest BCUT2D eigenvalue weighted by molar-refractivity contribution is -0.387. The number of nitro groups is 1. The Labute approximate surface area is 115 Å². The molecule has 0 spiro atoms. The van der Waals surface area contributed by atoms with E-state index in [0.29, 0.717) is 12.6 Å². The molecule has 0 aromatic heterocycles. The van der Waals surface area contributed by atoms with E-state index in [2.05, 4.69) is 10.2 Å². The first-order valence-electron chi connectivity index (χ1n) is 6.41. The summed E-state index contributed by atoms with van der Waals surface area (Å²) in [5, 5.41) is 13.3. The van der Waals surface area contributed by atoms with E-state index in [0.717, 1.165) is 18.7 Å². The summed E-state index contributed by atoms with van der Waals surface area (Å²) in [6, 6.07) is 3.74. The molecule has 1 N–H and O–H groups in total. The number of benzene rings is 1. The third-order valence-corrected chi connectivity index (χ3v) is 3.33. The van der Waals surface area contributed by atoms with Gasteiger partial charge in [-0.2, -0.15) is 4.39 Å². The highest BCUT2D eigenvalue weighted by atomic mass is 19.1. The van der Waals surface area contributed by atoms with Gasteiger partial charge in [-0.3, -0.25) is 14.9 Å². The Bertz CT molecular complexity index is 532. The topological polar surface area (TPSA) is 75.5 Å². The molecule has 0 radical (unpaired) electrons. The van der Waals surface area contributed by atoms with Crippen LogP contribution < -0.4 is 5.32 Å². The highest BCUT2D eigenvalue weighted by molar-refractivity contribution is 5.94. The molecule has 0 aliphatic heterocycles. The third kappa shape index (κ3) is 3.51. The highest BCUT2D eigenvalue weighted by Gasteiger charge is 2.25. The molecule has 1 aliphatic carbocycles. The molecular formula is C13H16FN3O3.